The van der Waals surface area contributed by atoms with Gasteiger partial charge in [-0.2, -0.15) is 13.2 Å². The Morgan fingerprint density at radius 1 is 1.36 bits per heavy atom. The van der Waals surface area contributed by atoms with Gasteiger partial charge in [0.1, 0.15) is 5.75 Å². The van der Waals surface area contributed by atoms with E-state index < -0.39 is 5.51 Å². The number of methoxy groups -OCH3 is 1. The molecule has 122 valence electrons. The van der Waals surface area contributed by atoms with E-state index in [1.807, 2.05) is 4.90 Å². The van der Waals surface area contributed by atoms with Gasteiger partial charge < -0.3 is 10.1 Å². The van der Waals surface area contributed by atoms with E-state index in [9.17, 15) is 18.0 Å². The Labute approximate surface area is 131 Å². The minimum atomic E-state index is -4.36. The lowest BCUT2D eigenvalue weighted by Crippen LogP contribution is -2.28. The number of hydrogen-bond donors (Lipinski definition) is 1. The number of hydrogen-bond acceptors (Lipinski definition) is 4. The van der Waals surface area contributed by atoms with Crippen LogP contribution in [-0.2, 0) is 11.3 Å². The third-order valence-electron chi connectivity index (χ3n) is 3.27. The number of carbonyl (C=O) groups excluding carboxylic acids is 1. The molecule has 0 saturated carbocycles. The van der Waals surface area contributed by atoms with Gasteiger partial charge in [0.25, 0.3) is 0 Å². The van der Waals surface area contributed by atoms with Gasteiger partial charge in [0.15, 0.2) is 0 Å². The number of carbonyl (C=O) groups is 1. The van der Waals surface area contributed by atoms with Crippen LogP contribution in [0.15, 0.2) is 23.1 Å². The molecule has 0 aliphatic carbocycles. The maximum atomic E-state index is 12.6. The smallest absolute Gasteiger partial charge is 0.446 e. The highest BCUT2D eigenvalue weighted by molar-refractivity contribution is 8.00. The van der Waals surface area contributed by atoms with E-state index in [2.05, 4.69) is 5.32 Å². The molecule has 1 fully saturated rings. The van der Waals surface area contributed by atoms with Crippen molar-refractivity contribution in [2.75, 3.05) is 26.7 Å². The van der Waals surface area contributed by atoms with Crippen molar-refractivity contribution >= 4 is 17.7 Å². The van der Waals surface area contributed by atoms with Gasteiger partial charge in [-0.05, 0) is 29.5 Å². The largest absolute Gasteiger partial charge is 0.496 e. The molecule has 1 aromatic rings. The number of nitrogens with one attached hydrogen (secondary N) is 1. The first-order valence-electron chi connectivity index (χ1n) is 6.79. The van der Waals surface area contributed by atoms with Gasteiger partial charge in [0, 0.05) is 32.6 Å². The molecule has 4 nitrogen and oxygen atoms in total. The Bertz CT molecular complexity index is 537. The molecule has 0 aromatic heterocycles. The van der Waals surface area contributed by atoms with Crippen molar-refractivity contribution in [2.45, 2.75) is 23.4 Å². The molecule has 0 atom stereocenters. The number of nitrogens with zero attached hydrogens (tertiary/aromatic N) is 1. The molecule has 1 aliphatic rings. The van der Waals surface area contributed by atoms with Gasteiger partial charge >= 0.3 is 5.51 Å². The van der Waals surface area contributed by atoms with Crippen molar-refractivity contribution in [3.63, 3.8) is 0 Å². The third-order valence-corrected chi connectivity index (χ3v) is 4.04. The number of thioether (sulfide) groups is 1. The second-order valence-electron chi connectivity index (χ2n) is 4.91. The molecule has 0 spiro atoms. The summed E-state index contributed by atoms with van der Waals surface area (Å²) in [6.07, 6.45) is 0.403. The SMILES string of the molecule is COc1ccc(CN2CCNC(=O)CC2)cc1SC(F)(F)F. The van der Waals surface area contributed by atoms with E-state index in [1.165, 1.54) is 13.2 Å². The second kappa shape index (κ2) is 7.23. The molecule has 0 bridgehead atoms. The summed E-state index contributed by atoms with van der Waals surface area (Å²) in [7, 11) is 1.35. The van der Waals surface area contributed by atoms with E-state index in [0.717, 1.165) is 5.56 Å². The van der Waals surface area contributed by atoms with Crippen LogP contribution in [0.2, 0.25) is 0 Å². The van der Waals surface area contributed by atoms with Crippen molar-refractivity contribution in [1.82, 2.24) is 10.2 Å². The first-order chi connectivity index (χ1) is 10.4. The quantitative estimate of drug-likeness (QED) is 0.860. The van der Waals surface area contributed by atoms with Crippen molar-refractivity contribution in [3.8, 4) is 5.75 Å². The Balaban J connectivity index is 2.10. The van der Waals surface area contributed by atoms with E-state index >= 15 is 0 Å². The lowest BCUT2D eigenvalue weighted by atomic mass is 10.2. The van der Waals surface area contributed by atoms with Crippen LogP contribution in [0.4, 0.5) is 13.2 Å². The third kappa shape index (κ3) is 5.10. The molecule has 1 amide bonds. The summed E-state index contributed by atoms with van der Waals surface area (Å²) in [6.45, 7) is 2.34. The van der Waals surface area contributed by atoms with Crippen LogP contribution in [0, 0.1) is 0 Å². The molecule has 0 radical (unpaired) electrons. The average Bonchev–Trinajstić information content (AvgIpc) is 2.62. The maximum absolute atomic E-state index is 12.6. The summed E-state index contributed by atoms with van der Waals surface area (Å²) in [5.74, 6) is 0.212. The van der Waals surface area contributed by atoms with Gasteiger partial charge in [-0.15, -0.1) is 0 Å². The van der Waals surface area contributed by atoms with Gasteiger partial charge in [0.05, 0.1) is 12.0 Å². The maximum Gasteiger partial charge on any atom is 0.446 e. The normalized spacial score (nSPS) is 17.0. The Morgan fingerprint density at radius 3 is 2.82 bits per heavy atom. The van der Waals surface area contributed by atoms with E-state index in [0.29, 0.717) is 32.6 Å². The van der Waals surface area contributed by atoms with Crippen LogP contribution in [0.25, 0.3) is 0 Å². The number of amides is 1. The molecule has 1 aromatic carbocycles. The Hall–Kier alpha value is -1.41. The average molecular weight is 334 g/mol. The first-order valence-corrected chi connectivity index (χ1v) is 7.61. The summed E-state index contributed by atoms with van der Waals surface area (Å²) in [4.78, 5) is 13.4. The highest BCUT2D eigenvalue weighted by atomic mass is 32.2. The topological polar surface area (TPSA) is 41.6 Å². The Morgan fingerprint density at radius 2 is 2.14 bits per heavy atom. The lowest BCUT2D eigenvalue weighted by molar-refractivity contribution is -0.120. The standard InChI is InChI=1S/C14H17F3N2O2S/c1-21-11-3-2-10(8-12(11)22-14(15,16)17)9-19-6-4-13(20)18-5-7-19/h2-3,8H,4-7,9H2,1H3,(H,18,20). The zero-order valence-corrected chi connectivity index (χ0v) is 12.9. The molecular weight excluding hydrogens is 317 g/mol. The molecule has 8 heteroatoms. The highest BCUT2D eigenvalue weighted by Gasteiger charge is 2.31. The molecule has 1 aliphatic heterocycles. The fraction of sp³-hybridized carbons (Fsp3) is 0.500. The van der Waals surface area contributed by atoms with Crippen molar-refractivity contribution in [2.24, 2.45) is 0 Å². The van der Waals surface area contributed by atoms with E-state index in [4.69, 9.17) is 4.74 Å². The summed E-state index contributed by atoms with van der Waals surface area (Å²) in [5, 5.41) is 2.77. The van der Waals surface area contributed by atoms with Gasteiger partial charge in [-0.25, -0.2) is 0 Å². The fourth-order valence-corrected chi connectivity index (χ4v) is 2.97. The number of ether oxygens (including phenoxy) is 1. The highest BCUT2D eigenvalue weighted by Crippen LogP contribution is 2.41. The van der Waals surface area contributed by atoms with Gasteiger partial charge in [-0.1, -0.05) is 6.07 Å². The zero-order chi connectivity index (χ0) is 16.2. The molecular formula is C14H17F3N2O2S. The van der Waals surface area contributed by atoms with Crippen LogP contribution >= 0.6 is 11.8 Å². The van der Waals surface area contributed by atoms with Gasteiger partial charge in [-0.3, -0.25) is 9.69 Å². The van der Waals surface area contributed by atoms with Crippen LogP contribution < -0.4 is 10.1 Å². The molecule has 22 heavy (non-hydrogen) atoms. The van der Waals surface area contributed by atoms with Crippen molar-refractivity contribution in [3.05, 3.63) is 23.8 Å². The number of alkyl halides is 3. The van der Waals surface area contributed by atoms with Crippen LogP contribution in [0.1, 0.15) is 12.0 Å². The minimum Gasteiger partial charge on any atom is -0.496 e. The van der Waals surface area contributed by atoms with E-state index in [1.54, 1.807) is 12.1 Å². The summed E-state index contributed by atoms with van der Waals surface area (Å²) in [5.41, 5.74) is -3.59. The number of halogens is 3. The lowest BCUT2D eigenvalue weighted by Gasteiger charge is -2.20. The fourth-order valence-electron chi connectivity index (χ4n) is 2.25. The molecule has 0 unspecified atom stereocenters. The molecule has 1 N–H and O–H groups in total. The van der Waals surface area contributed by atoms with Crippen LogP contribution in [0.3, 0.4) is 0 Å². The second-order valence-corrected chi connectivity index (χ2v) is 6.02. The van der Waals surface area contributed by atoms with Crippen molar-refractivity contribution < 1.29 is 22.7 Å². The van der Waals surface area contributed by atoms with E-state index in [-0.39, 0.29) is 28.3 Å². The monoisotopic (exact) mass is 334 g/mol. The van der Waals surface area contributed by atoms with Crippen LogP contribution in [0.5, 0.6) is 5.75 Å². The minimum absolute atomic E-state index is 0.00514. The van der Waals surface area contributed by atoms with Crippen molar-refractivity contribution in [1.29, 1.82) is 0 Å². The zero-order valence-electron chi connectivity index (χ0n) is 12.1. The van der Waals surface area contributed by atoms with Crippen LogP contribution in [-0.4, -0.2) is 43.1 Å². The predicted molar refractivity (Wildman–Crippen MR) is 77.8 cm³/mol. The Kier molecular flexibility index (Phi) is 5.57. The van der Waals surface area contributed by atoms with Gasteiger partial charge in [0.2, 0.25) is 5.91 Å². The summed E-state index contributed by atoms with van der Waals surface area (Å²) >= 11 is -0.177. The first kappa shape index (κ1) is 17.0. The molecule has 1 saturated heterocycles. The molecule has 1 heterocycles. The summed E-state index contributed by atoms with van der Waals surface area (Å²) < 4.78 is 42.8. The molecule has 2 rings (SSSR count). The number of benzene rings is 1. The number of rotatable bonds is 4. The predicted octanol–water partition coefficient (Wildman–Crippen LogP) is 2.63. The summed E-state index contributed by atoms with van der Waals surface area (Å²) in [6, 6.07) is 4.79.